The van der Waals surface area contributed by atoms with Crippen molar-refractivity contribution >= 4 is 0 Å². The molecule has 1 aromatic rings. The van der Waals surface area contributed by atoms with Crippen LogP contribution in [-0.4, -0.2) is 29.7 Å². The molecule has 2 rings (SSSR count). The second-order valence-electron chi connectivity index (χ2n) is 4.02. The maximum Gasteiger partial charge on any atom is 0.115 e. The molecule has 1 aliphatic carbocycles. The Morgan fingerprint density at radius 2 is 2.33 bits per heavy atom. The zero-order valence-electron chi connectivity index (χ0n) is 9.07. The number of aromatic nitrogens is 2. The molecule has 0 aromatic carbocycles. The highest BCUT2D eigenvalue weighted by Gasteiger charge is 2.18. The van der Waals surface area contributed by atoms with E-state index in [4.69, 9.17) is 10.5 Å². The van der Waals surface area contributed by atoms with Crippen LogP contribution in [0.5, 0.6) is 0 Å². The highest BCUT2D eigenvalue weighted by atomic mass is 16.5. The Kier molecular flexibility index (Phi) is 3.28. The summed E-state index contributed by atoms with van der Waals surface area (Å²) in [4.78, 5) is 8.62. The molecule has 0 radical (unpaired) electrons. The minimum atomic E-state index is 0.0367. The maximum absolute atomic E-state index is 5.92. The van der Waals surface area contributed by atoms with Gasteiger partial charge in [0.2, 0.25) is 0 Å². The first kappa shape index (κ1) is 10.5. The average molecular weight is 207 g/mol. The number of fused-ring (bicyclic) bond motifs is 1. The van der Waals surface area contributed by atoms with Gasteiger partial charge in [0.1, 0.15) is 6.33 Å². The molecular formula is C11H17N3O. The first-order valence-electron chi connectivity index (χ1n) is 5.37. The molecule has 0 amide bonds. The van der Waals surface area contributed by atoms with Crippen LogP contribution in [0, 0.1) is 0 Å². The predicted molar refractivity (Wildman–Crippen MR) is 57.6 cm³/mol. The number of nitrogens with zero attached hydrogens (tertiary/aromatic N) is 2. The van der Waals surface area contributed by atoms with Crippen molar-refractivity contribution in [3.63, 3.8) is 0 Å². The van der Waals surface area contributed by atoms with Crippen molar-refractivity contribution in [2.45, 2.75) is 31.7 Å². The van der Waals surface area contributed by atoms with Crippen molar-refractivity contribution < 1.29 is 4.74 Å². The van der Waals surface area contributed by atoms with Crippen molar-refractivity contribution in [3.05, 3.63) is 23.3 Å². The Balaban J connectivity index is 2.11. The van der Waals surface area contributed by atoms with Crippen molar-refractivity contribution in [2.24, 2.45) is 5.73 Å². The fraction of sp³-hybridized carbons (Fsp3) is 0.636. The van der Waals surface area contributed by atoms with E-state index in [9.17, 15) is 0 Å². The van der Waals surface area contributed by atoms with Gasteiger partial charge in [0.25, 0.3) is 0 Å². The molecule has 1 aliphatic rings. The van der Waals surface area contributed by atoms with Gasteiger partial charge in [-0.25, -0.2) is 9.97 Å². The monoisotopic (exact) mass is 207 g/mol. The highest BCUT2D eigenvalue weighted by molar-refractivity contribution is 5.29. The van der Waals surface area contributed by atoms with Crippen molar-refractivity contribution in [3.8, 4) is 0 Å². The highest BCUT2D eigenvalue weighted by Crippen LogP contribution is 2.22. The second-order valence-corrected chi connectivity index (χ2v) is 4.02. The molecule has 1 unspecified atom stereocenters. The normalized spacial score (nSPS) is 16.4. The lowest BCUT2D eigenvalue weighted by molar-refractivity contribution is 0.179. The van der Waals surface area contributed by atoms with E-state index in [-0.39, 0.29) is 6.04 Å². The summed E-state index contributed by atoms with van der Waals surface area (Å²) in [7, 11) is 1.67. The van der Waals surface area contributed by atoms with E-state index in [0.29, 0.717) is 6.61 Å². The van der Waals surface area contributed by atoms with Gasteiger partial charge in [-0.2, -0.15) is 0 Å². The van der Waals surface area contributed by atoms with Gasteiger partial charge < -0.3 is 10.5 Å². The molecule has 0 saturated heterocycles. The van der Waals surface area contributed by atoms with Gasteiger partial charge in [-0.05, 0) is 24.8 Å². The van der Waals surface area contributed by atoms with Crippen LogP contribution in [0.15, 0.2) is 6.33 Å². The molecule has 0 spiro atoms. The van der Waals surface area contributed by atoms with Gasteiger partial charge in [0.05, 0.1) is 6.61 Å². The van der Waals surface area contributed by atoms with Crippen LogP contribution >= 0.6 is 0 Å². The molecule has 1 atom stereocenters. The van der Waals surface area contributed by atoms with Gasteiger partial charge in [-0.1, -0.05) is 0 Å². The van der Waals surface area contributed by atoms with E-state index >= 15 is 0 Å². The quantitative estimate of drug-likeness (QED) is 0.780. The summed E-state index contributed by atoms with van der Waals surface area (Å²) in [5.41, 5.74) is 9.57. The molecular weight excluding hydrogens is 190 g/mol. The van der Waals surface area contributed by atoms with Gasteiger partial charge in [-0.3, -0.25) is 0 Å². The van der Waals surface area contributed by atoms with Crippen LogP contribution in [0.4, 0.5) is 0 Å². The van der Waals surface area contributed by atoms with Crippen molar-refractivity contribution in [1.82, 2.24) is 9.97 Å². The van der Waals surface area contributed by atoms with E-state index in [2.05, 4.69) is 9.97 Å². The van der Waals surface area contributed by atoms with E-state index in [1.165, 1.54) is 17.7 Å². The number of rotatable bonds is 4. The largest absolute Gasteiger partial charge is 0.383 e. The van der Waals surface area contributed by atoms with Gasteiger partial charge in [-0.15, -0.1) is 0 Å². The summed E-state index contributed by atoms with van der Waals surface area (Å²) in [6.07, 6.45) is 5.83. The summed E-state index contributed by atoms with van der Waals surface area (Å²) in [5.74, 6) is 0. The Bertz CT molecular complexity index is 341. The molecule has 0 fully saturated rings. The van der Waals surface area contributed by atoms with Crippen molar-refractivity contribution in [1.29, 1.82) is 0 Å². The summed E-state index contributed by atoms with van der Waals surface area (Å²) in [6, 6.07) is 0.0367. The lowest BCUT2D eigenvalue weighted by Crippen LogP contribution is -2.29. The van der Waals surface area contributed by atoms with Crippen LogP contribution in [0.1, 0.15) is 23.4 Å². The van der Waals surface area contributed by atoms with E-state index in [1.54, 1.807) is 13.4 Å². The Labute approximate surface area is 89.9 Å². The molecule has 4 nitrogen and oxygen atoms in total. The molecule has 0 bridgehead atoms. The van der Waals surface area contributed by atoms with Gasteiger partial charge in [0.15, 0.2) is 0 Å². The third-order valence-corrected chi connectivity index (χ3v) is 2.80. The first-order valence-corrected chi connectivity index (χ1v) is 5.37. The SMILES string of the molecule is COCC(N)Cc1ncnc2c1CCC2. The van der Waals surface area contributed by atoms with Crippen molar-refractivity contribution in [2.75, 3.05) is 13.7 Å². The molecule has 1 aromatic heterocycles. The third-order valence-electron chi connectivity index (χ3n) is 2.80. The molecule has 0 saturated carbocycles. The van der Waals surface area contributed by atoms with E-state index < -0.39 is 0 Å². The number of ether oxygens (including phenoxy) is 1. The van der Waals surface area contributed by atoms with E-state index in [1.807, 2.05) is 0 Å². The number of methoxy groups -OCH3 is 1. The predicted octanol–water partition coefficient (Wildman–Crippen LogP) is 0.481. The fourth-order valence-electron chi connectivity index (χ4n) is 2.12. The Morgan fingerprint density at radius 3 is 3.13 bits per heavy atom. The average Bonchev–Trinajstić information content (AvgIpc) is 2.67. The summed E-state index contributed by atoms with van der Waals surface area (Å²) >= 11 is 0. The lowest BCUT2D eigenvalue weighted by Gasteiger charge is -2.12. The fourth-order valence-corrected chi connectivity index (χ4v) is 2.12. The number of hydrogen-bond acceptors (Lipinski definition) is 4. The Morgan fingerprint density at radius 1 is 1.47 bits per heavy atom. The second kappa shape index (κ2) is 4.68. The van der Waals surface area contributed by atoms with Crippen LogP contribution in [0.25, 0.3) is 0 Å². The smallest absolute Gasteiger partial charge is 0.115 e. The van der Waals surface area contributed by atoms with Crippen LogP contribution in [-0.2, 0) is 24.0 Å². The minimum Gasteiger partial charge on any atom is -0.383 e. The molecule has 2 N–H and O–H groups in total. The summed E-state index contributed by atoms with van der Waals surface area (Å²) in [6.45, 7) is 0.582. The molecule has 15 heavy (non-hydrogen) atoms. The number of aryl methyl sites for hydroxylation is 1. The van der Waals surface area contributed by atoms with E-state index in [0.717, 1.165) is 25.0 Å². The molecule has 0 aliphatic heterocycles. The molecule has 4 heteroatoms. The molecule has 1 heterocycles. The maximum atomic E-state index is 5.92. The van der Waals surface area contributed by atoms with Gasteiger partial charge in [0, 0.05) is 31.0 Å². The summed E-state index contributed by atoms with van der Waals surface area (Å²) in [5, 5.41) is 0. The number of hydrogen-bond donors (Lipinski definition) is 1. The minimum absolute atomic E-state index is 0.0367. The van der Waals surface area contributed by atoms with Gasteiger partial charge >= 0.3 is 0 Å². The number of nitrogens with two attached hydrogens (primary N) is 1. The molecule has 82 valence electrons. The summed E-state index contributed by atoms with van der Waals surface area (Å²) < 4.78 is 5.03. The topological polar surface area (TPSA) is 61.0 Å². The zero-order valence-corrected chi connectivity index (χ0v) is 9.07. The van der Waals surface area contributed by atoms with Crippen LogP contribution < -0.4 is 5.73 Å². The first-order chi connectivity index (χ1) is 7.31. The van der Waals surface area contributed by atoms with Crippen LogP contribution in [0.2, 0.25) is 0 Å². The lowest BCUT2D eigenvalue weighted by atomic mass is 10.1. The van der Waals surface area contributed by atoms with Crippen LogP contribution in [0.3, 0.4) is 0 Å². The zero-order chi connectivity index (χ0) is 10.7. The third kappa shape index (κ3) is 2.33. The Hall–Kier alpha value is -1.00. The standard InChI is InChI=1S/C11H17N3O/c1-15-6-8(12)5-11-9-3-2-4-10(9)13-7-14-11/h7-8H,2-6,12H2,1H3.